The first kappa shape index (κ1) is 17.2. The maximum atomic E-state index is 12.1. The molecule has 1 aromatic rings. The van der Waals surface area contributed by atoms with Crippen molar-refractivity contribution < 1.29 is 9.53 Å². The summed E-state index contributed by atoms with van der Waals surface area (Å²) < 4.78 is 5.98. The van der Waals surface area contributed by atoms with E-state index in [1.165, 1.54) is 0 Å². The van der Waals surface area contributed by atoms with Crippen molar-refractivity contribution in [2.45, 2.75) is 26.2 Å². The van der Waals surface area contributed by atoms with E-state index in [1.807, 2.05) is 6.20 Å². The topological polar surface area (TPSA) is 54.5 Å². The van der Waals surface area contributed by atoms with E-state index >= 15 is 0 Å². The number of amides is 1. The predicted molar refractivity (Wildman–Crippen MR) is 91.1 cm³/mol. The fourth-order valence-corrected chi connectivity index (χ4v) is 3.24. The Kier molecular flexibility index (Phi) is 6.64. The number of piperidine rings is 1. The summed E-state index contributed by atoms with van der Waals surface area (Å²) in [5.74, 6) is 1.33. The van der Waals surface area contributed by atoms with Crippen LogP contribution in [0.2, 0.25) is 0 Å². The number of pyridine rings is 1. The molecule has 0 unspecified atom stereocenters. The normalized spacial score (nSPS) is 15.9. The zero-order valence-corrected chi connectivity index (χ0v) is 14.9. The van der Waals surface area contributed by atoms with Crippen molar-refractivity contribution in [2.75, 3.05) is 38.3 Å². The minimum Gasteiger partial charge on any atom is -0.385 e. The van der Waals surface area contributed by atoms with Crippen LogP contribution in [-0.4, -0.2) is 44.2 Å². The van der Waals surface area contributed by atoms with E-state index in [0.29, 0.717) is 13.2 Å². The first-order valence-corrected chi connectivity index (χ1v) is 8.55. The van der Waals surface area contributed by atoms with Gasteiger partial charge in [0, 0.05) is 49.9 Å². The lowest BCUT2D eigenvalue weighted by Gasteiger charge is -2.33. The Hall–Kier alpha value is -1.14. The van der Waals surface area contributed by atoms with Crippen LogP contribution < -0.4 is 10.2 Å². The molecule has 1 amide bonds. The van der Waals surface area contributed by atoms with Crippen molar-refractivity contribution in [3.8, 4) is 0 Å². The number of ether oxygens (including phenoxy) is 1. The van der Waals surface area contributed by atoms with Crippen LogP contribution in [0.4, 0.5) is 5.82 Å². The molecular weight excluding hydrogens is 346 g/mol. The first-order chi connectivity index (χ1) is 10.6. The van der Waals surface area contributed by atoms with Crippen LogP contribution in [0.1, 0.15) is 24.8 Å². The highest BCUT2D eigenvalue weighted by Crippen LogP contribution is 2.26. The number of methoxy groups -OCH3 is 1. The highest BCUT2D eigenvalue weighted by molar-refractivity contribution is 9.10. The minimum atomic E-state index is 0.120. The molecule has 0 aromatic carbocycles. The zero-order chi connectivity index (χ0) is 15.9. The van der Waals surface area contributed by atoms with E-state index in [0.717, 1.165) is 48.2 Å². The minimum absolute atomic E-state index is 0.120. The van der Waals surface area contributed by atoms with E-state index in [2.05, 4.69) is 44.1 Å². The number of aryl methyl sites for hydroxylation is 1. The molecule has 0 bridgehead atoms. The molecule has 0 saturated carbocycles. The average Bonchev–Trinajstić information content (AvgIpc) is 2.52. The second-order valence-electron chi connectivity index (χ2n) is 5.69. The van der Waals surface area contributed by atoms with E-state index < -0.39 is 0 Å². The van der Waals surface area contributed by atoms with Gasteiger partial charge in [-0.15, -0.1) is 0 Å². The molecule has 1 aliphatic heterocycles. The number of carbonyl (C=O) groups excluding carboxylic acids is 1. The fourth-order valence-electron chi connectivity index (χ4n) is 2.79. The Bertz CT molecular complexity index is 502. The lowest BCUT2D eigenvalue weighted by molar-refractivity contribution is -0.125. The standard InChI is InChI=1S/C16H24BrN3O2/c1-12-10-14(17)11-19-15(12)20-7-4-13(5-8-20)16(21)18-6-3-9-22-2/h10-11,13H,3-9H2,1-2H3,(H,18,21). The number of anilines is 1. The summed E-state index contributed by atoms with van der Waals surface area (Å²) >= 11 is 3.44. The summed E-state index contributed by atoms with van der Waals surface area (Å²) in [6.07, 6.45) is 4.46. The molecule has 6 heteroatoms. The second-order valence-corrected chi connectivity index (χ2v) is 6.61. The van der Waals surface area contributed by atoms with Gasteiger partial charge in [0.15, 0.2) is 0 Å². The van der Waals surface area contributed by atoms with Crippen molar-refractivity contribution in [3.05, 3.63) is 22.3 Å². The summed E-state index contributed by atoms with van der Waals surface area (Å²) in [5.41, 5.74) is 1.16. The molecular formula is C16H24BrN3O2. The van der Waals surface area contributed by atoms with Gasteiger partial charge in [0.25, 0.3) is 0 Å². The van der Waals surface area contributed by atoms with Crippen LogP contribution in [0.15, 0.2) is 16.7 Å². The highest BCUT2D eigenvalue weighted by Gasteiger charge is 2.25. The fraction of sp³-hybridized carbons (Fsp3) is 0.625. The number of hydrogen-bond acceptors (Lipinski definition) is 4. The van der Waals surface area contributed by atoms with Crippen LogP contribution in [0, 0.1) is 12.8 Å². The number of nitrogens with zero attached hydrogens (tertiary/aromatic N) is 2. The van der Waals surface area contributed by atoms with Gasteiger partial charge in [-0.2, -0.15) is 0 Å². The molecule has 1 aliphatic rings. The summed E-state index contributed by atoms with van der Waals surface area (Å²) in [4.78, 5) is 18.9. The first-order valence-electron chi connectivity index (χ1n) is 7.75. The van der Waals surface area contributed by atoms with Gasteiger partial charge in [-0.1, -0.05) is 0 Å². The van der Waals surface area contributed by atoms with Crippen LogP contribution in [0.5, 0.6) is 0 Å². The molecule has 1 saturated heterocycles. The SMILES string of the molecule is COCCCNC(=O)C1CCN(c2ncc(Br)cc2C)CC1. The lowest BCUT2D eigenvalue weighted by atomic mass is 9.95. The van der Waals surface area contributed by atoms with Crippen molar-refractivity contribution >= 4 is 27.7 Å². The van der Waals surface area contributed by atoms with Crippen LogP contribution >= 0.6 is 15.9 Å². The smallest absolute Gasteiger partial charge is 0.223 e. The van der Waals surface area contributed by atoms with E-state index in [1.54, 1.807) is 7.11 Å². The number of hydrogen-bond donors (Lipinski definition) is 1. The summed E-state index contributed by atoms with van der Waals surface area (Å²) in [7, 11) is 1.68. The molecule has 22 heavy (non-hydrogen) atoms. The number of aromatic nitrogens is 1. The third-order valence-corrected chi connectivity index (χ3v) is 4.44. The molecule has 0 atom stereocenters. The van der Waals surface area contributed by atoms with Gasteiger partial charge in [-0.25, -0.2) is 4.98 Å². The summed E-state index contributed by atoms with van der Waals surface area (Å²) in [6, 6.07) is 2.08. The summed E-state index contributed by atoms with van der Waals surface area (Å²) in [6.45, 7) is 5.21. The Morgan fingerprint density at radius 2 is 2.23 bits per heavy atom. The monoisotopic (exact) mass is 369 g/mol. The molecule has 122 valence electrons. The van der Waals surface area contributed by atoms with E-state index in [-0.39, 0.29) is 11.8 Å². The molecule has 0 spiro atoms. The molecule has 1 fully saturated rings. The number of rotatable bonds is 6. The van der Waals surface area contributed by atoms with Gasteiger partial charge < -0.3 is 15.0 Å². The van der Waals surface area contributed by atoms with Gasteiger partial charge in [0.05, 0.1) is 0 Å². The van der Waals surface area contributed by atoms with Crippen LogP contribution in [0.25, 0.3) is 0 Å². The number of halogens is 1. The predicted octanol–water partition coefficient (Wildman–Crippen LogP) is 2.52. The second kappa shape index (κ2) is 8.48. The zero-order valence-electron chi connectivity index (χ0n) is 13.3. The van der Waals surface area contributed by atoms with E-state index in [4.69, 9.17) is 4.74 Å². The van der Waals surface area contributed by atoms with Gasteiger partial charge in [0.1, 0.15) is 5.82 Å². The molecule has 0 aliphatic carbocycles. The molecule has 5 nitrogen and oxygen atoms in total. The van der Waals surface area contributed by atoms with Gasteiger partial charge >= 0.3 is 0 Å². The Morgan fingerprint density at radius 1 is 1.50 bits per heavy atom. The molecule has 1 aromatic heterocycles. The molecule has 2 rings (SSSR count). The van der Waals surface area contributed by atoms with Crippen molar-refractivity contribution in [1.29, 1.82) is 0 Å². The third-order valence-electron chi connectivity index (χ3n) is 4.01. The van der Waals surface area contributed by atoms with Crippen molar-refractivity contribution in [1.82, 2.24) is 10.3 Å². The molecule has 2 heterocycles. The van der Waals surface area contributed by atoms with Crippen LogP contribution in [-0.2, 0) is 9.53 Å². The molecule has 0 radical (unpaired) electrons. The quantitative estimate of drug-likeness (QED) is 0.782. The number of nitrogens with one attached hydrogen (secondary N) is 1. The highest BCUT2D eigenvalue weighted by atomic mass is 79.9. The largest absolute Gasteiger partial charge is 0.385 e. The van der Waals surface area contributed by atoms with Crippen LogP contribution in [0.3, 0.4) is 0 Å². The summed E-state index contributed by atoms with van der Waals surface area (Å²) in [5, 5.41) is 3.00. The Labute approximate surface area is 140 Å². The lowest BCUT2D eigenvalue weighted by Crippen LogP contribution is -2.41. The van der Waals surface area contributed by atoms with Gasteiger partial charge in [-0.05, 0) is 53.7 Å². The van der Waals surface area contributed by atoms with Crippen molar-refractivity contribution in [3.63, 3.8) is 0 Å². The third kappa shape index (κ3) is 4.68. The Morgan fingerprint density at radius 3 is 2.86 bits per heavy atom. The number of carbonyl (C=O) groups is 1. The Balaban J connectivity index is 1.81. The average molecular weight is 370 g/mol. The van der Waals surface area contributed by atoms with Gasteiger partial charge in [-0.3, -0.25) is 4.79 Å². The van der Waals surface area contributed by atoms with E-state index in [9.17, 15) is 4.79 Å². The molecule has 1 N–H and O–H groups in total. The maximum absolute atomic E-state index is 12.1. The maximum Gasteiger partial charge on any atom is 0.223 e. The van der Waals surface area contributed by atoms with Gasteiger partial charge in [0.2, 0.25) is 5.91 Å². The van der Waals surface area contributed by atoms with Crippen molar-refractivity contribution in [2.24, 2.45) is 5.92 Å².